The Balaban J connectivity index is 2.10. The smallest absolute Gasteiger partial charge is 0.264 e. The Morgan fingerprint density at radius 3 is 2.12 bits per heavy atom. The zero-order valence-corrected chi connectivity index (χ0v) is 26.4. The molecule has 7 nitrogen and oxygen atoms in total. The zero-order valence-electron chi connectivity index (χ0n) is 24.0. The van der Waals surface area contributed by atoms with Gasteiger partial charge in [-0.05, 0) is 81.1 Å². The van der Waals surface area contributed by atoms with Crippen LogP contribution in [0.15, 0.2) is 71.6 Å². The predicted molar refractivity (Wildman–Crippen MR) is 166 cm³/mol. The Hall–Kier alpha value is -3.07. The van der Waals surface area contributed by atoms with Crippen molar-refractivity contribution in [3.05, 3.63) is 93.5 Å². The third-order valence-corrected chi connectivity index (χ3v) is 9.48. The van der Waals surface area contributed by atoms with Gasteiger partial charge in [-0.1, -0.05) is 72.9 Å². The van der Waals surface area contributed by atoms with E-state index < -0.39 is 28.5 Å². The molecule has 10 heteroatoms. The highest BCUT2D eigenvalue weighted by atomic mass is 35.5. The minimum Gasteiger partial charge on any atom is -0.352 e. The summed E-state index contributed by atoms with van der Waals surface area (Å²) >= 11 is 12.5. The first-order chi connectivity index (χ1) is 19.4. The number of sulfonamides is 1. The average Bonchev–Trinajstić information content (AvgIpc) is 2.94. The summed E-state index contributed by atoms with van der Waals surface area (Å²) < 4.78 is 29.2. The Bertz CT molecular complexity index is 1460. The van der Waals surface area contributed by atoms with Gasteiger partial charge in [-0.3, -0.25) is 13.9 Å². The molecule has 0 unspecified atom stereocenters. The first kappa shape index (κ1) is 32.4. The minimum absolute atomic E-state index is 0.0427. The van der Waals surface area contributed by atoms with E-state index in [4.69, 9.17) is 23.2 Å². The highest BCUT2D eigenvalue weighted by Gasteiger charge is 2.34. The van der Waals surface area contributed by atoms with E-state index in [-0.39, 0.29) is 29.1 Å². The van der Waals surface area contributed by atoms with Gasteiger partial charge in [-0.15, -0.1) is 0 Å². The van der Waals surface area contributed by atoms with Crippen molar-refractivity contribution in [2.24, 2.45) is 0 Å². The van der Waals surface area contributed by atoms with Crippen LogP contribution in [0.2, 0.25) is 10.0 Å². The number of aryl methyl sites for hydroxylation is 1. The summed E-state index contributed by atoms with van der Waals surface area (Å²) in [7, 11) is -4.18. The first-order valence-electron chi connectivity index (χ1n) is 13.6. The number of hydrogen-bond acceptors (Lipinski definition) is 4. The lowest BCUT2D eigenvalue weighted by atomic mass is 10.1. The molecule has 0 aliphatic rings. The summed E-state index contributed by atoms with van der Waals surface area (Å²) in [4.78, 5) is 29.0. The summed E-state index contributed by atoms with van der Waals surface area (Å²) in [6.07, 6.45) is 1.06. The largest absolute Gasteiger partial charge is 0.352 e. The van der Waals surface area contributed by atoms with Crippen molar-refractivity contribution in [1.82, 2.24) is 10.2 Å². The number of anilines is 1. The van der Waals surface area contributed by atoms with E-state index >= 15 is 0 Å². The van der Waals surface area contributed by atoms with E-state index in [1.54, 1.807) is 61.5 Å². The molecule has 2 atom stereocenters. The van der Waals surface area contributed by atoms with Gasteiger partial charge in [0.05, 0.1) is 10.6 Å². The maximum Gasteiger partial charge on any atom is 0.264 e. The van der Waals surface area contributed by atoms with Gasteiger partial charge in [0.2, 0.25) is 11.8 Å². The summed E-state index contributed by atoms with van der Waals surface area (Å²) in [5.74, 6) is -0.822. The van der Waals surface area contributed by atoms with Crippen LogP contribution < -0.4 is 9.62 Å². The van der Waals surface area contributed by atoms with Crippen LogP contribution in [0.25, 0.3) is 0 Å². The van der Waals surface area contributed by atoms with Crippen LogP contribution in [-0.2, 0) is 26.2 Å². The molecule has 2 amide bonds. The van der Waals surface area contributed by atoms with Crippen molar-refractivity contribution in [1.29, 1.82) is 0 Å². The van der Waals surface area contributed by atoms with Crippen molar-refractivity contribution in [3.8, 4) is 0 Å². The van der Waals surface area contributed by atoms with Crippen molar-refractivity contribution in [2.45, 2.75) is 71.0 Å². The van der Waals surface area contributed by atoms with Crippen LogP contribution in [0, 0.1) is 13.8 Å². The van der Waals surface area contributed by atoms with Gasteiger partial charge >= 0.3 is 0 Å². The quantitative estimate of drug-likeness (QED) is 0.250. The summed E-state index contributed by atoms with van der Waals surface area (Å²) in [5.41, 5.74) is 2.46. The number of hydrogen-bond donors (Lipinski definition) is 1. The van der Waals surface area contributed by atoms with Crippen LogP contribution in [0.5, 0.6) is 0 Å². The fourth-order valence-electron chi connectivity index (χ4n) is 4.36. The molecule has 220 valence electrons. The van der Waals surface area contributed by atoms with E-state index in [1.165, 1.54) is 17.0 Å². The number of benzene rings is 3. The second kappa shape index (κ2) is 14.2. The van der Waals surface area contributed by atoms with E-state index in [9.17, 15) is 18.0 Å². The molecule has 0 radical (unpaired) electrons. The van der Waals surface area contributed by atoms with Gasteiger partial charge in [-0.2, -0.15) is 0 Å². The molecule has 3 aromatic rings. The lowest BCUT2D eigenvalue weighted by Crippen LogP contribution is -2.53. The van der Waals surface area contributed by atoms with Gasteiger partial charge < -0.3 is 10.2 Å². The number of nitrogens with zero attached hydrogens (tertiary/aromatic N) is 2. The van der Waals surface area contributed by atoms with Crippen LogP contribution in [-0.4, -0.2) is 43.8 Å². The van der Waals surface area contributed by atoms with Crippen molar-refractivity contribution in [3.63, 3.8) is 0 Å². The summed E-state index contributed by atoms with van der Waals surface area (Å²) in [6, 6.07) is 17.5. The molecule has 3 aromatic carbocycles. The Morgan fingerprint density at radius 2 is 1.54 bits per heavy atom. The number of nitrogens with one attached hydrogen (secondary N) is 1. The fraction of sp³-hybridized carbons (Fsp3) is 0.355. The summed E-state index contributed by atoms with van der Waals surface area (Å²) in [6.45, 7) is 8.82. The van der Waals surface area contributed by atoms with Gasteiger partial charge in [0, 0.05) is 22.6 Å². The van der Waals surface area contributed by atoms with Gasteiger partial charge in [-0.25, -0.2) is 8.42 Å². The molecule has 0 saturated heterocycles. The second-order valence-electron chi connectivity index (χ2n) is 10.1. The van der Waals surface area contributed by atoms with E-state index in [2.05, 4.69) is 5.32 Å². The van der Waals surface area contributed by atoms with Crippen molar-refractivity contribution in [2.75, 3.05) is 10.8 Å². The van der Waals surface area contributed by atoms with Gasteiger partial charge in [0.25, 0.3) is 10.0 Å². The number of halogens is 2. The van der Waals surface area contributed by atoms with E-state index in [0.717, 1.165) is 21.9 Å². The third kappa shape index (κ3) is 8.03. The maximum atomic E-state index is 14.2. The van der Waals surface area contributed by atoms with Crippen LogP contribution in [0.4, 0.5) is 5.69 Å². The highest BCUT2D eigenvalue weighted by Crippen LogP contribution is 2.31. The zero-order chi connectivity index (χ0) is 30.3. The molecule has 0 heterocycles. The lowest BCUT2D eigenvalue weighted by molar-refractivity contribution is -0.140. The molecular formula is C31H37Cl2N3O4S. The molecule has 0 spiro atoms. The average molecular weight is 619 g/mol. The van der Waals surface area contributed by atoms with Gasteiger partial charge in [0.1, 0.15) is 12.6 Å². The molecule has 3 rings (SSSR count). The molecule has 0 aromatic heterocycles. The molecule has 0 bridgehead atoms. The maximum absolute atomic E-state index is 14.2. The fourth-order valence-corrected chi connectivity index (χ4v) is 6.13. The first-order valence-corrected chi connectivity index (χ1v) is 15.8. The van der Waals surface area contributed by atoms with E-state index in [1.807, 2.05) is 27.7 Å². The number of carbonyl (C=O) groups is 2. The Morgan fingerprint density at radius 1 is 0.902 bits per heavy atom. The minimum atomic E-state index is -4.18. The normalized spacial score (nSPS) is 12.9. The highest BCUT2D eigenvalue weighted by molar-refractivity contribution is 7.92. The molecule has 0 aliphatic carbocycles. The van der Waals surface area contributed by atoms with E-state index in [0.29, 0.717) is 22.0 Å². The monoisotopic (exact) mass is 617 g/mol. The van der Waals surface area contributed by atoms with Crippen LogP contribution in [0.1, 0.15) is 50.3 Å². The molecular weight excluding hydrogens is 581 g/mol. The van der Waals surface area contributed by atoms with Crippen molar-refractivity contribution < 1.29 is 18.0 Å². The third-order valence-electron chi connectivity index (χ3n) is 7.05. The Labute approximate surface area is 253 Å². The second-order valence-corrected chi connectivity index (χ2v) is 12.8. The molecule has 0 aliphatic heterocycles. The number of carbonyl (C=O) groups excluding carboxylic acids is 2. The van der Waals surface area contributed by atoms with Gasteiger partial charge in [0.15, 0.2) is 0 Å². The molecule has 0 fully saturated rings. The number of amides is 2. The topological polar surface area (TPSA) is 86.8 Å². The Kier molecular flexibility index (Phi) is 11.2. The molecule has 0 saturated carbocycles. The standard InChI is InChI=1S/C31H37Cl2N3O4S/c1-6-22(4)34-31(38)28(7-2)35(19-24-13-15-25(32)16-14-24)30(37)20-36(29-10-8-9-27(33)23(29)5)41(39,40)26-17-11-21(3)12-18-26/h8-18,22,28H,6-7,19-20H2,1-5H3,(H,34,38)/t22-,28-/m0/s1. The summed E-state index contributed by atoms with van der Waals surface area (Å²) in [5, 5.41) is 3.88. The van der Waals surface area contributed by atoms with Crippen molar-refractivity contribution >= 4 is 50.7 Å². The van der Waals surface area contributed by atoms with Crippen LogP contribution in [0.3, 0.4) is 0 Å². The van der Waals surface area contributed by atoms with Crippen LogP contribution >= 0.6 is 23.2 Å². The molecule has 41 heavy (non-hydrogen) atoms. The number of rotatable bonds is 12. The predicted octanol–water partition coefficient (Wildman–Crippen LogP) is 6.53. The SMILES string of the molecule is CC[C@H](C)NC(=O)[C@H](CC)N(Cc1ccc(Cl)cc1)C(=O)CN(c1cccc(Cl)c1C)S(=O)(=O)c1ccc(C)cc1. The molecule has 1 N–H and O–H groups in total. The lowest BCUT2D eigenvalue weighted by Gasteiger charge is -2.34.